The summed E-state index contributed by atoms with van der Waals surface area (Å²) in [5.41, 5.74) is 6.89. The van der Waals surface area contributed by atoms with Crippen LogP contribution in [0.5, 0.6) is 0 Å². The molecule has 124 valence electrons. The maximum Gasteiger partial charge on any atom is 0.273 e. The Morgan fingerprint density at radius 3 is 2.76 bits per heavy atom. The molecule has 3 heterocycles. The van der Waals surface area contributed by atoms with Crippen molar-refractivity contribution in [2.24, 2.45) is 12.1 Å². The largest absolute Gasteiger partial charge is 0.350 e. The van der Waals surface area contributed by atoms with Crippen LogP contribution in [-0.4, -0.2) is 26.2 Å². The van der Waals surface area contributed by atoms with Crippen LogP contribution in [0.3, 0.4) is 0 Å². The Hall–Kier alpha value is -3.28. The van der Waals surface area contributed by atoms with E-state index >= 15 is 0 Å². The van der Waals surface area contributed by atoms with Crippen molar-refractivity contribution in [2.75, 3.05) is 0 Å². The SMILES string of the molecule is CC(C1=NNC(=O)C1=Cc1cn(C)c2ccccc12)c1cncnc1. The Bertz CT molecular complexity index is 1020. The van der Waals surface area contributed by atoms with E-state index < -0.39 is 0 Å². The van der Waals surface area contributed by atoms with Crippen molar-refractivity contribution in [1.82, 2.24) is 20.0 Å². The molecule has 6 heteroatoms. The molecule has 1 aliphatic rings. The molecule has 0 saturated heterocycles. The van der Waals surface area contributed by atoms with Crippen LogP contribution >= 0.6 is 0 Å². The number of hydrogen-bond acceptors (Lipinski definition) is 4. The van der Waals surface area contributed by atoms with Gasteiger partial charge in [0.2, 0.25) is 0 Å². The number of carbonyl (C=O) groups is 1. The van der Waals surface area contributed by atoms with E-state index in [-0.39, 0.29) is 11.8 Å². The van der Waals surface area contributed by atoms with Gasteiger partial charge in [0.05, 0.1) is 11.3 Å². The second-order valence-corrected chi connectivity index (χ2v) is 6.10. The molecule has 6 nitrogen and oxygen atoms in total. The molecule has 25 heavy (non-hydrogen) atoms. The number of benzene rings is 1. The summed E-state index contributed by atoms with van der Waals surface area (Å²) in [6, 6.07) is 8.12. The van der Waals surface area contributed by atoms with Gasteiger partial charge in [-0.3, -0.25) is 4.79 Å². The second-order valence-electron chi connectivity index (χ2n) is 6.10. The molecule has 0 spiro atoms. The Morgan fingerprint density at radius 1 is 1.20 bits per heavy atom. The first-order chi connectivity index (χ1) is 12.1. The van der Waals surface area contributed by atoms with Crippen LogP contribution in [0.25, 0.3) is 17.0 Å². The molecule has 1 aliphatic heterocycles. The van der Waals surface area contributed by atoms with Gasteiger partial charge in [0, 0.05) is 48.0 Å². The van der Waals surface area contributed by atoms with Gasteiger partial charge in [-0.25, -0.2) is 15.4 Å². The Kier molecular flexibility index (Phi) is 3.65. The van der Waals surface area contributed by atoms with Crippen LogP contribution in [0.1, 0.15) is 24.0 Å². The fourth-order valence-corrected chi connectivity index (χ4v) is 3.15. The van der Waals surface area contributed by atoms with Crippen molar-refractivity contribution in [3.05, 3.63) is 65.9 Å². The predicted molar refractivity (Wildman–Crippen MR) is 96.9 cm³/mol. The second kappa shape index (κ2) is 5.98. The maximum absolute atomic E-state index is 12.3. The van der Waals surface area contributed by atoms with Gasteiger partial charge in [0.25, 0.3) is 5.91 Å². The number of hydrogen-bond donors (Lipinski definition) is 1. The molecule has 1 unspecified atom stereocenters. The fourth-order valence-electron chi connectivity index (χ4n) is 3.15. The summed E-state index contributed by atoms with van der Waals surface area (Å²) in [4.78, 5) is 20.4. The van der Waals surface area contributed by atoms with E-state index in [9.17, 15) is 4.79 Å². The molecule has 3 aromatic rings. The number of nitrogens with one attached hydrogen (secondary N) is 1. The van der Waals surface area contributed by atoms with Crippen molar-refractivity contribution in [3.8, 4) is 0 Å². The minimum Gasteiger partial charge on any atom is -0.350 e. The quantitative estimate of drug-likeness (QED) is 0.750. The molecule has 0 saturated carbocycles. The maximum atomic E-state index is 12.3. The van der Waals surface area contributed by atoms with Crippen LogP contribution in [0.4, 0.5) is 0 Å². The number of amides is 1. The highest BCUT2D eigenvalue weighted by atomic mass is 16.2. The third kappa shape index (κ3) is 2.61. The number of rotatable bonds is 3. The van der Waals surface area contributed by atoms with Crippen LogP contribution < -0.4 is 5.43 Å². The molecule has 0 bridgehead atoms. The molecule has 1 N–H and O–H groups in total. The molecular formula is C19H17N5O. The summed E-state index contributed by atoms with van der Waals surface area (Å²) in [6.07, 6.45) is 8.92. The zero-order valence-corrected chi connectivity index (χ0v) is 14.0. The minimum atomic E-state index is -0.188. The molecule has 1 aromatic carbocycles. The predicted octanol–water partition coefficient (Wildman–Crippen LogP) is 2.64. The number of nitrogens with zero attached hydrogens (tertiary/aromatic N) is 4. The van der Waals surface area contributed by atoms with Gasteiger partial charge in [0.15, 0.2) is 0 Å². The first-order valence-corrected chi connectivity index (χ1v) is 8.04. The molecule has 4 rings (SSSR count). The zero-order chi connectivity index (χ0) is 17.4. The number of para-hydroxylation sites is 1. The number of carbonyl (C=O) groups excluding carboxylic acids is 1. The van der Waals surface area contributed by atoms with Crippen LogP contribution in [-0.2, 0) is 11.8 Å². The summed E-state index contributed by atoms with van der Waals surface area (Å²) < 4.78 is 2.06. The standard InChI is InChI=1S/C19H17N5O/c1-12(14-8-20-11-21-9-14)18-16(19(25)23-22-18)7-13-10-24(2)17-6-4-3-5-15(13)17/h3-12H,1-2H3,(H,23,25). The summed E-state index contributed by atoms with van der Waals surface area (Å²) in [5.74, 6) is -0.270. The molecule has 1 amide bonds. The van der Waals surface area contributed by atoms with Crippen molar-refractivity contribution in [2.45, 2.75) is 12.8 Å². The Labute approximate surface area is 144 Å². The van der Waals surface area contributed by atoms with Gasteiger partial charge in [-0.05, 0) is 17.7 Å². The highest BCUT2D eigenvalue weighted by molar-refractivity contribution is 6.29. The molecule has 0 aliphatic carbocycles. The monoisotopic (exact) mass is 331 g/mol. The summed E-state index contributed by atoms with van der Waals surface area (Å²) >= 11 is 0. The summed E-state index contributed by atoms with van der Waals surface area (Å²) in [7, 11) is 2.00. The highest BCUT2D eigenvalue weighted by Crippen LogP contribution is 2.27. The first kappa shape index (κ1) is 15.3. The van der Waals surface area contributed by atoms with Gasteiger partial charge in [-0.1, -0.05) is 25.1 Å². The smallest absolute Gasteiger partial charge is 0.273 e. The normalized spacial score (nSPS) is 17.0. The van der Waals surface area contributed by atoms with E-state index in [2.05, 4.69) is 37.2 Å². The summed E-state index contributed by atoms with van der Waals surface area (Å²) in [5, 5.41) is 5.35. The lowest BCUT2D eigenvalue weighted by Gasteiger charge is -2.10. The molecular weight excluding hydrogens is 314 g/mol. The minimum absolute atomic E-state index is 0.0821. The van der Waals surface area contributed by atoms with Gasteiger partial charge < -0.3 is 4.57 Å². The molecule has 2 aromatic heterocycles. The van der Waals surface area contributed by atoms with Crippen molar-refractivity contribution in [1.29, 1.82) is 0 Å². The summed E-state index contributed by atoms with van der Waals surface area (Å²) in [6.45, 7) is 1.99. The fraction of sp³-hybridized carbons (Fsp3) is 0.158. The average Bonchev–Trinajstić information content (AvgIpc) is 3.17. The number of aromatic nitrogens is 3. The third-order valence-electron chi connectivity index (χ3n) is 4.52. The number of fused-ring (bicyclic) bond motifs is 1. The van der Waals surface area contributed by atoms with Crippen molar-refractivity contribution < 1.29 is 4.79 Å². The molecule has 1 atom stereocenters. The average molecular weight is 331 g/mol. The van der Waals surface area contributed by atoms with Crippen LogP contribution in [0.2, 0.25) is 0 Å². The van der Waals surface area contributed by atoms with E-state index in [1.54, 1.807) is 12.4 Å². The van der Waals surface area contributed by atoms with E-state index in [1.165, 1.54) is 6.33 Å². The van der Waals surface area contributed by atoms with Gasteiger partial charge in [0.1, 0.15) is 6.33 Å². The highest BCUT2D eigenvalue weighted by Gasteiger charge is 2.28. The van der Waals surface area contributed by atoms with Crippen molar-refractivity contribution in [3.63, 3.8) is 0 Å². The third-order valence-corrected chi connectivity index (χ3v) is 4.52. The van der Waals surface area contributed by atoms with Crippen molar-refractivity contribution >= 4 is 28.6 Å². The number of aryl methyl sites for hydroxylation is 1. The lowest BCUT2D eigenvalue weighted by Crippen LogP contribution is -2.16. The molecule has 0 fully saturated rings. The van der Waals surface area contributed by atoms with Gasteiger partial charge in [-0.15, -0.1) is 0 Å². The van der Waals surface area contributed by atoms with E-state index in [0.717, 1.165) is 22.0 Å². The number of hydrazone groups is 1. The lowest BCUT2D eigenvalue weighted by molar-refractivity contribution is -0.116. The van der Waals surface area contributed by atoms with E-state index in [1.807, 2.05) is 38.4 Å². The van der Waals surface area contributed by atoms with Crippen LogP contribution in [0, 0.1) is 0 Å². The molecule has 0 radical (unpaired) electrons. The Balaban J connectivity index is 1.78. The topological polar surface area (TPSA) is 72.2 Å². The zero-order valence-electron chi connectivity index (χ0n) is 14.0. The van der Waals surface area contributed by atoms with Gasteiger partial charge in [-0.2, -0.15) is 5.10 Å². The van der Waals surface area contributed by atoms with E-state index in [4.69, 9.17) is 0 Å². The van der Waals surface area contributed by atoms with Gasteiger partial charge >= 0.3 is 0 Å². The Morgan fingerprint density at radius 2 is 1.96 bits per heavy atom. The lowest BCUT2D eigenvalue weighted by atomic mass is 9.92. The first-order valence-electron chi connectivity index (χ1n) is 8.04. The van der Waals surface area contributed by atoms with Crippen LogP contribution in [0.15, 0.2) is 59.9 Å². The van der Waals surface area contributed by atoms with E-state index in [0.29, 0.717) is 11.3 Å².